The first kappa shape index (κ1) is 31.7. The molecule has 1 aromatic heterocycles. The second kappa shape index (κ2) is 15.3. The lowest BCUT2D eigenvalue weighted by molar-refractivity contribution is -0.128. The quantitative estimate of drug-likeness (QED) is 0.196. The van der Waals surface area contributed by atoms with Crippen LogP contribution in [0.25, 0.3) is 0 Å². The number of hydrogen-bond acceptors (Lipinski definition) is 9. The summed E-state index contributed by atoms with van der Waals surface area (Å²) in [5, 5.41) is 9.71. The van der Waals surface area contributed by atoms with Crippen molar-refractivity contribution < 1.29 is 33.4 Å². The topological polar surface area (TPSA) is 145 Å². The molecule has 0 aliphatic rings. The van der Waals surface area contributed by atoms with Gasteiger partial charge in [-0.3, -0.25) is 9.59 Å². The highest BCUT2D eigenvalue weighted by Crippen LogP contribution is 2.24. The van der Waals surface area contributed by atoms with Gasteiger partial charge in [0.2, 0.25) is 11.8 Å². The number of thiazole rings is 1. The molecule has 0 aliphatic carbocycles. The normalized spacial score (nSPS) is 11.9. The third-order valence-electron chi connectivity index (χ3n) is 6.53. The molecule has 228 valence electrons. The van der Waals surface area contributed by atoms with Crippen LogP contribution in [0.4, 0.5) is 9.93 Å². The number of hydrogen-bond donors (Lipinski definition) is 3. The molecule has 0 saturated heterocycles. The molecule has 0 spiro atoms. The van der Waals surface area contributed by atoms with E-state index in [1.54, 1.807) is 18.2 Å². The standard InChI is InChI=1S/C32H32N4O7S/c1-20-16-23(14-15-26(20)41-2)27(35-32(40)43-18-22-12-8-5-9-13-22)29(38)33-24(17-21-10-6-4-7-11-21)28(37)36-31-34-25(19-44-31)30(39)42-3/h4-16,19,24,27H,17-18H2,1-3H3,(H,33,38)(H,35,40)(H,34,36,37)/t24-,27?/m0/s1. The molecule has 2 atom stereocenters. The number of nitrogens with zero attached hydrogens (tertiary/aromatic N) is 1. The van der Waals surface area contributed by atoms with Crippen LogP contribution in [0, 0.1) is 6.92 Å². The Morgan fingerprint density at radius 2 is 1.55 bits per heavy atom. The van der Waals surface area contributed by atoms with Gasteiger partial charge in [-0.2, -0.15) is 0 Å². The van der Waals surface area contributed by atoms with Crippen LogP contribution in [0.5, 0.6) is 5.75 Å². The zero-order valence-corrected chi connectivity index (χ0v) is 25.2. The highest BCUT2D eigenvalue weighted by atomic mass is 32.1. The number of esters is 1. The summed E-state index contributed by atoms with van der Waals surface area (Å²) in [6.07, 6.45) is -0.676. The first-order valence-electron chi connectivity index (χ1n) is 13.6. The van der Waals surface area contributed by atoms with Crippen LogP contribution in [0.1, 0.15) is 38.8 Å². The summed E-state index contributed by atoms with van der Waals surface area (Å²) in [6, 6.07) is 21.1. The van der Waals surface area contributed by atoms with Gasteiger partial charge in [0.05, 0.1) is 14.2 Å². The van der Waals surface area contributed by atoms with E-state index in [2.05, 4.69) is 25.7 Å². The number of anilines is 1. The van der Waals surface area contributed by atoms with Crippen LogP contribution in [0.2, 0.25) is 0 Å². The summed E-state index contributed by atoms with van der Waals surface area (Å²) in [5.41, 5.74) is 2.81. The van der Waals surface area contributed by atoms with E-state index in [-0.39, 0.29) is 23.9 Å². The molecule has 4 rings (SSSR count). The van der Waals surface area contributed by atoms with Crippen molar-refractivity contribution in [2.45, 2.75) is 32.0 Å². The van der Waals surface area contributed by atoms with E-state index in [0.717, 1.165) is 28.0 Å². The van der Waals surface area contributed by atoms with Crippen molar-refractivity contribution >= 4 is 40.3 Å². The van der Waals surface area contributed by atoms with Crippen molar-refractivity contribution in [3.05, 3.63) is 112 Å². The maximum atomic E-state index is 13.8. The molecule has 1 unspecified atom stereocenters. The fraction of sp³-hybridized carbons (Fsp3) is 0.219. The van der Waals surface area contributed by atoms with Gasteiger partial charge in [-0.05, 0) is 41.3 Å². The third kappa shape index (κ3) is 8.65. The van der Waals surface area contributed by atoms with Gasteiger partial charge in [-0.25, -0.2) is 14.6 Å². The predicted octanol–water partition coefficient (Wildman–Crippen LogP) is 4.58. The van der Waals surface area contributed by atoms with Crippen LogP contribution in [0.15, 0.2) is 84.2 Å². The molecular formula is C32H32N4O7S. The van der Waals surface area contributed by atoms with Gasteiger partial charge in [0, 0.05) is 11.8 Å². The summed E-state index contributed by atoms with van der Waals surface area (Å²) in [7, 11) is 2.77. The zero-order chi connectivity index (χ0) is 31.5. The Bertz CT molecular complexity index is 1590. The van der Waals surface area contributed by atoms with E-state index in [1.807, 2.05) is 67.6 Å². The fourth-order valence-corrected chi connectivity index (χ4v) is 4.98. The van der Waals surface area contributed by atoms with Crippen molar-refractivity contribution in [1.82, 2.24) is 15.6 Å². The number of alkyl carbamates (subject to hydrolysis) is 1. The first-order valence-corrected chi connectivity index (χ1v) is 14.5. The largest absolute Gasteiger partial charge is 0.496 e. The number of aromatic nitrogens is 1. The van der Waals surface area contributed by atoms with Gasteiger partial charge < -0.3 is 30.2 Å². The maximum Gasteiger partial charge on any atom is 0.408 e. The van der Waals surface area contributed by atoms with Crippen molar-refractivity contribution in [3.8, 4) is 5.75 Å². The van der Waals surface area contributed by atoms with E-state index < -0.39 is 36.0 Å². The average Bonchev–Trinajstić information content (AvgIpc) is 3.51. The van der Waals surface area contributed by atoms with E-state index >= 15 is 0 Å². The Kier molecular flexibility index (Phi) is 11.0. The Labute approximate surface area is 258 Å². The van der Waals surface area contributed by atoms with Gasteiger partial charge >= 0.3 is 12.1 Å². The fourth-order valence-electron chi connectivity index (χ4n) is 4.30. The van der Waals surface area contributed by atoms with Gasteiger partial charge in [0.25, 0.3) is 0 Å². The minimum Gasteiger partial charge on any atom is -0.496 e. The molecule has 4 aromatic rings. The highest BCUT2D eigenvalue weighted by molar-refractivity contribution is 7.14. The van der Waals surface area contributed by atoms with E-state index in [1.165, 1.54) is 19.6 Å². The van der Waals surface area contributed by atoms with E-state index in [0.29, 0.717) is 11.3 Å². The molecule has 12 heteroatoms. The van der Waals surface area contributed by atoms with Gasteiger partial charge in [-0.15, -0.1) is 11.3 Å². The molecule has 0 fully saturated rings. The number of carbonyl (C=O) groups is 4. The number of benzene rings is 3. The van der Waals surface area contributed by atoms with Crippen LogP contribution in [-0.2, 0) is 32.1 Å². The Morgan fingerprint density at radius 3 is 2.18 bits per heavy atom. The van der Waals surface area contributed by atoms with Crippen molar-refractivity contribution in [2.75, 3.05) is 19.5 Å². The summed E-state index contributed by atoms with van der Waals surface area (Å²) in [6.45, 7) is 1.82. The minimum absolute atomic E-state index is 0.00304. The lowest BCUT2D eigenvalue weighted by atomic mass is 10.0. The summed E-state index contributed by atoms with van der Waals surface area (Å²) in [4.78, 5) is 56.1. The SMILES string of the molecule is COC(=O)c1csc(NC(=O)[C@H](Cc2ccccc2)NC(=O)C(NC(=O)OCc2ccccc2)c2ccc(OC)c(C)c2)n1. The third-order valence-corrected chi connectivity index (χ3v) is 7.29. The lowest BCUT2D eigenvalue weighted by Crippen LogP contribution is -2.50. The number of methoxy groups -OCH3 is 2. The molecule has 0 radical (unpaired) electrons. The Balaban J connectivity index is 1.57. The molecular weight excluding hydrogens is 584 g/mol. The van der Waals surface area contributed by atoms with Gasteiger partial charge in [0.15, 0.2) is 10.8 Å². The Morgan fingerprint density at radius 1 is 0.864 bits per heavy atom. The highest BCUT2D eigenvalue weighted by Gasteiger charge is 2.30. The molecule has 3 amide bonds. The van der Waals surface area contributed by atoms with Crippen molar-refractivity contribution in [3.63, 3.8) is 0 Å². The van der Waals surface area contributed by atoms with Crippen LogP contribution < -0.4 is 20.7 Å². The predicted molar refractivity (Wildman–Crippen MR) is 164 cm³/mol. The van der Waals surface area contributed by atoms with Gasteiger partial charge in [0.1, 0.15) is 24.4 Å². The second-order valence-electron chi connectivity index (χ2n) is 9.64. The van der Waals surface area contributed by atoms with Crippen molar-refractivity contribution in [2.24, 2.45) is 0 Å². The molecule has 0 bridgehead atoms. The minimum atomic E-state index is -1.21. The second-order valence-corrected chi connectivity index (χ2v) is 10.5. The summed E-state index contributed by atoms with van der Waals surface area (Å²) >= 11 is 1.04. The van der Waals surface area contributed by atoms with Gasteiger partial charge in [-0.1, -0.05) is 66.7 Å². The molecule has 3 N–H and O–H groups in total. The molecule has 3 aromatic carbocycles. The van der Waals surface area contributed by atoms with Crippen LogP contribution in [0.3, 0.4) is 0 Å². The van der Waals surface area contributed by atoms with Crippen LogP contribution >= 0.6 is 11.3 Å². The van der Waals surface area contributed by atoms with Crippen LogP contribution in [-0.4, -0.2) is 49.1 Å². The number of rotatable bonds is 12. The summed E-state index contributed by atoms with van der Waals surface area (Å²) in [5.74, 6) is -1.24. The summed E-state index contributed by atoms with van der Waals surface area (Å²) < 4.78 is 15.4. The molecule has 0 saturated carbocycles. The number of amides is 3. The molecule has 1 heterocycles. The number of nitrogens with one attached hydrogen (secondary N) is 3. The first-order chi connectivity index (χ1) is 21.3. The smallest absolute Gasteiger partial charge is 0.408 e. The van der Waals surface area contributed by atoms with Crippen molar-refractivity contribution in [1.29, 1.82) is 0 Å². The Hall–Kier alpha value is -5.23. The van der Waals surface area contributed by atoms with E-state index in [4.69, 9.17) is 9.47 Å². The average molecular weight is 617 g/mol. The molecule has 11 nitrogen and oxygen atoms in total. The molecule has 44 heavy (non-hydrogen) atoms. The maximum absolute atomic E-state index is 13.8. The number of aryl methyl sites for hydroxylation is 1. The monoisotopic (exact) mass is 616 g/mol. The number of ether oxygens (including phenoxy) is 3. The van der Waals surface area contributed by atoms with E-state index in [9.17, 15) is 19.2 Å². The number of carbonyl (C=O) groups excluding carboxylic acids is 4. The molecule has 0 aliphatic heterocycles. The lowest BCUT2D eigenvalue weighted by Gasteiger charge is -2.24. The zero-order valence-electron chi connectivity index (χ0n) is 24.4.